The fraction of sp³-hybridized carbons (Fsp3) is 0.609. The van der Waals surface area contributed by atoms with Gasteiger partial charge in [-0.05, 0) is 66.9 Å². The number of primary amides is 1. The van der Waals surface area contributed by atoms with Crippen molar-refractivity contribution < 1.29 is 9.59 Å². The van der Waals surface area contributed by atoms with Gasteiger partial charge in [-0.1, -0.05) is 12.2 Å². The third-order valence-corrected chi connectivity index (χ3v) is 8.34. The Morgan fingerprint density at radius 3 is 2.17 bits per heavy atom. The second kappa shape index (κ2) is 6.31. The average molecular weight is 393 g/mol. The topological polar surface area (TPSA) is 79.5 Å². The molecule has 2 saturated heterocycles. The maximum absolute atomic E-state index is 13.1. The molecule has 4 fully saturated rings. The molecule has 2 aliphatic heterocycles. The Morgan fingerprint density at radius 2 is 1.62 bits per heavy atom. The van der Waals surface area contributed by atoms with Crippen molar-refractivity contribution in [2.45, 2.75) is 19.3 Å². The maximum atomic E-state index is 13.1. The largest absolute Gasteiger partial charge is 0.369 e. The number of nitrogens with zero attached hydrogens (tertiary/aromatic N) is 3. The Kier molecular flexibility index (Phi) is 3.81. The summed E-state index contributed by atoms with van der Waals surface area (Å²) in [5, 5.41) is 0. The monoisotopic (exact) mass is 392 g/mol. The molecule has 6 nitrogen and oxygen atoms in total. The van der Waals surface area contributed by atoms with Gasteiger partial charge in [0, 0.05) is 38.3 Å². The number of anilines is 1. The summed E-state index contributed by atoms with van der Waals surface area (Å²) in [6, 6.07) is 3.86. The Labute approximate surface area is 171 Å². The number of rotatable bonds is 3. The van der Waals surface area contributed by atoms with E-state index in [9.17, 15) is 9.59 Å². The molecule has 0 aromatic carbocycles. The van der Waals surface area contributed by atoms with Crippen LogP contribution in [0, 0.1) is 41.4 Å². The molecule has 7 rings (SSSR count). The number of amides is 2. The number of hydrogen-bond donors (Lipinski definition) is 1. The van der Waals surface area contributed by atoms with Crippen molar-refractivity contribution in [3.63, 3.8) is 0 Å². The summed E-state index contributed by atoms with van der Waals surface area (Å²) in [4.78, 5) is 33.3. The van der Waals surface area contributed by atoms with Gasteiger partial charge in [-0.2, -0.15) is 0 Å². The van der Waals surface area contributed by atoms with Crippen molar-refractivity contribution in [1.29, 1.82) is 0 Å². The molecule has 2 amide bonds. The van der Waals surface area contributed by atoms with Crippen molar-refractivity contribution in [2.24, 2.45) is 47.2 Å². The molecule has 0 radical (unpaired) electrons. The molecular weight excluding hydrogens is 364 g/mol. The van der Waals surface area contributed by atoms with E-state index in [1.165, 1.54) is 6.42 Å². The molecule has 29 heavy (non-hydrogen) atoms. The quantitative estimate of drug-likeness (QED) is 0.797. The van der Waals surface area contributed by atoms with Crippen molar-refractivity contribution in [3.05, 3.63) is 36.0 Å². The Balaban J connectivity index is 1.12. The van der Waals surface area contributed by atoms with Crippen LogP contribution in [-0.2, 0) is 4.79 Å². The highest BCUT2D eigenvalue weighted by Gasteiger charge is 2.61. The van der Waals surface area contributed by atoms with Gasteiger partial charge in [0.1, 0.15) is 5.82 Å². The lowest BCUT2D eigenvalue weighted by atomic mass is 9.64. The molecule has 2 saturated carbocycles. The molecule has 1 unspecified atom stereocenters. The molecule has 6 aliphatic rings. The predicted octanol–water partition coefficient (Wildman–Crippen LogP) is 1.92. The van der Waals surface area contributed by atoms with Gasteiger partial charge < -0.3 is 15.5 Å². The third kappa shape index (κ3) is 2.71. The molecule has 3 heterocycles. The number of aromatic nitrogens is 1. The van der Waals surface area contributed by atoms with E-state index >= 15 is 0 Å². The molecule has 152 valence electrons. The van der Waals surface area contributed by atoms with Gasteiger partial charge in [0.15, 0.2) is 0 Å². The zero-order valence-electron chi connectivity index (χ0n) is 16.6. The van der Waals surface area contributed by atoms with Crippen molar-refractivity contribution in [3.8, 4) is 0 Å². The summed E-state index contributed by atoms with van der Waals surface area (Å²) in [5.41, 5.74) is 6.10. The number of carbonyl (C=O) groups excluding carboxylic acids is 2. The lowest BCUT2D eigenvalue weighted by Gasteiger charge is -2.40. The molecule has 0 spiro atoms. The second-order valence-corrected chi connectivity index (χ2v) is 9.71. The van der Waals surface area contributed by atoms with Crippen LogP contribution in [0.2, 0.25) is 0 Å². The fourth-order valence-corrected chi connectivity index (χ4v) is 6.69. The van der Waals surface area contributed by atoms with Gasteiger partial charge in [-0.3, -0.25) is 9.59 Å². The van der Waals surface area contributed by atoms with Gasteiger partial charge in [0.05, 0.1) is 5.56 Å². The summed E-state index contributed by atoms with van der Waals surface area (Å²) in [7, 11) is 0. The number of pyridine rings is 1. The van der Waals surface area contributed by atoms with Gasteiger partial charge in [-0.25, -0.2) is 4.98 Å². The van der Waals surface area contributed by atoms with Gasteiger partial charge in [0.2, 0.25) is 5.91 Å². The van der Waals surface area contributed by atoms with Crippen LogP contribution in [0.1, 0.15) is 29.6 Å². The minimum absolute atomic E-state index is 0.0263. The Morgan fingerprint density at radius 1 is 0.966 bits per heavy atom. The normalized spacial score (nSPS) is 37.4. The highest BCUT2D eigenvalue weighted by atomic mass is 16.2. The second-order valence-electron chi connectivity index (χ2n) is 9.71. The highest BCUT2D eigenvalue weighted by molar-refractivity contribution is 5.94. The maximum Gasteiger partial charge on any atom is 0.255 e. The third-order valence-electron chi connectivity index (χ3n) is 8.34. The van der Waals surface area contributed by atoms with E-state index in [1.807, 2.05) is 12.1 Å². The lowest BCUT2D eigenvalue weighted by Crippen LogP contribution is -2.39. The van der Waals surface area contributed by atoms with Crippen molar-refractivity contribution in [1.82, 2.24) is 9.88 Å². The number of likely N-dealkylation sites (tertiary alicyclic amines) is 1. The van der Waals surface area contributed by atoms with Crippen molar-refractivity contribution in [2.75, 3.05) is 31.1 Å². The summed E-state index contributed by atoms with van der Waals surface area (Å²) in [5.74, 6) is 5.32. The summed E-state index contributed by atoms with van der Waals surface area (Å²) in [6.07, 6.45) is 9.58. The van der Waals surface area contributed by atoms with Crippen LogP contribution in [0.4, 0.5) is 5.82 Å². The molecule has 1 aromatic rings. The van der Waals surface area contributed by atoms with Crippen LogP contribution >= 0.6 is 0 Å². The van der Waals surface area contributed by atoms with Gasteiger partial charge in [-0.15, -0.1) is 0 Å². The molecule has 2 N–H and O–H groups in total. The fourth-order valence-electron chi connectivity index (χ4n) is 6.69. The number of piperidine rings is 1. The van der Waals surface area contributed by atoms with Crippen LogP contribution in [-0.4, -0.2) is 47.9 Å². The number of hydrogen-bond acceptors (Lipinski definition) is 4. The van der Waals surface area contributed by atoms with Gasteiger partial charge in [0.25, 0.3) is 5.91 Å². The zero-order chi connectivity index (χ0) is 19.7. The highest BCUT2D eigenvalue weighted by Crippen LogP contribution is 2.64. The number of allylic oxidation sites excluding steroid dienone is 2. The SMILES string of the molecule is NC(=O)C1CCN(c2ccc(C(=O)N3CC4[C@@H](C3)[C@H]3C=C[C@@H]4[C@@H]4C[C@H]34)cn2)CC1. The van der Waals surface area contributed by atoms with E-state index in [0.717, 1.165) is 56.7 Å². The van der Waals surface area contributed by atoms with Crippen molar-refractivity contribution >= 4 is 17.6 Å². The first-order chi connectivity index (χ1) is 14.1. The minimum atomic E-state index is -0.203. The summed E-state index contributed by atoms with van der Waals surface area (Å²) in [6.45, 7) is 3.37. The van der Waals surface area contributed by atoms with E-state index in [4.69, 9.17) is 5.73 Å². The summed E-state index contributed by atoms with van der Waals surface area (Å²) >= 11 is 0. The Hall–Kier alpha value is -2.37. The standard InChI is InChI=1S/C23H28N4O2/c24-22(28)13-5-7-26(8-6-13)21-4-1-14(10-25-21)23(29)27-11-19-15-2-3-16(20(19)12-27)18-9-17(15)18/h1-4,10,13,15-20H,5-9,11-12H2,(H2,24,28)/t15-,16+,17+,18-,19-,20?/m0/s1. The average Bonchev–Trinajstić information content (AvgIpc) is 3.45. The smallest absolute Gasteiger partial charge is 0.255 e. The molecular formula is C23H28N4O2. The molecule has 6 heteroatoms. The molecule has 6 atom stereocenters. The zero-order valence-corrected chi connectivity index (χ0v) is 16.6. The molecule has 4 aliphatic carbocycles. The van der Waals surface area contributed by atoms with Crippen LogP contribution in [0.15, 0.2) is 30.5 Å². The first-order valence-electron chi connectivity index (χ1n) is 11.1. The minimum Gasteiger partial charge on any atom is -0.369 e. The van der Waals surface area contributed by atoms with Crippen LogP contribution in [0.5, 0.6) is 0 Å². The van der Waals surface area contributed by atoms with Crippen LogP contribution < -0.4 is 10.6 Å². The van der Waals surface area contributed by atoms with E-state index in [2.05, 4.69) is 26.9 Å². The molecule has 1 aromatic heterocycles. The Bertz CT molecular complexity index is 847. The van der Waals surface area contributed by atoms with Crippen LogP contribution in [0.25, 0.3) is 0 Å². The van der Waals surface area contributed by atoms with E-state index in [1.54, 1.807) is 6.20 Å². The predicted molar refractivity (Wildman–Crippen MR) is 109 cm³/mol. The van der Waals surface area contributed by atoms with Gasteiger partial charge >= 0.3 is 0 Å². The first kappa shape index (κ1) is 17.5. The summed E-state index contributed by atoms with van der Waals surface area (Å²) < 4.78 is 0. The number of carbonyl (C=O) groups is 2. The van der Waals surface area contributed by atoms with E-state index in [0.29, 0.717) is 29.2 Å². The number of nitrogens with two attached hydrogens (primary N) is 1. The molecule has 2 bridgehead atoms. The van der Waals surface area contributed by atoms with E-state index in [-0.39, 0.29) is 17.7 Å². The van der Waals surface area contributed by atoms with E-state index < -0.39 is 0 Å². The lowest BCUT2D eigenvalue weighted by molar-refractivity contribution is -0.122. The first-order valence-corrected chi connectivity index (χ1v) is 11.1. The van der Waals surface area contributed by atoms with Crippen LogP contribution in [0.3, 0.4) is 0 Å².